The third-order valence-corrected chi connectivity index (χ3v) is 2.47. The van der Waals surface area contributed by atoms with Crippen LogP contribution in [0.4, 0.5) is 0 Å². The van der Waals surface area contributed by atoms with Gasteiger partial charge in [0.1, 0.15) is 0 Å². The Labute approximate surface area is 84.5 Å². The van der Waals surface area contributed by atoms with Crippen LogP contribution in [0.3, 0.4) is 0 Å². The van der Waals surface area contributed by atoms with Gasteiger partial charge in [-0.2, -0.15) is 0 Å². The fourth-order valence-electron chi connectivity index (χ4n) is 1.27. The topological polar surface area (TPSA) is 34.5 Å². The summed E-state index contributed by atoms with van der Waals surface area (Å²) in [4.78, 5) is 11.6. The fourth-order valence-corrected chi connectivity index (χ4v) is 1.86. The Kier molecular flexibility index (Phi) is 2.26. The zero-order valence-corrected chi connectivity index (χ0v) is 8.87. The van der Waals surface area contributed by atoms with Crippen molar-refractivity contribution in [2.75, 3.05) is 6.61 Å². The van der Waals surface area contributed by atoms with Gasteiger partial charge in [-0.05, 0) is 28.9 Å². The SMILES string of the molecule is Cc1cc(Br)cn(C[C@H]2CO2)c1=O. The van der Waals surface area contributed by atoms with Crippen LogP contribution < -0.4 is 5.56 Å². The number of aromatic nitrogens is 1. The highest BCUT2D eigenvalue weighted by molar-refractivity contribution is 9.10. The van der Waals surface area contributed by atoms with E-state index in [1.165, 1.54) is 0 Å². The molecule has 13 heavy (non-hydrogen) atoms. The number of nitrogens with zero attached hydrogens (tertiary/aromatic N) is 1. The van der Waals surface area contributed by atoms with E-state index in [0.717, 1.165) is 16.6 Å². The van der Waals surface area contributed by atoms with E-state index in [1.54, 1.807) is 10.8 Å². The van der Waals surface area contributed by atoms with Crippen molar-refractivity contribution in [2.24, 2.45) is 0 Å². The first-order valence-corrected chi connectivity index (χ1v) is 4.94. The first-order chi connectivity index (χ1) is 6.16. The number of aryl methyl sites for hydroxylation is 1. The summed E-state index contributed by atoms with van der Waals surface area (Å²) in [7, 11) is 0. The molecule has 1 aromatic heterocycles. The molecule has 0 N–H and O–H groups in total. The quantitative estimate of drug-likeness (QED) is 0.735. The van der Waals surface area contributed by atoms with E-state index >= 15 is 0 Å². The van der Waals surface area contributed by atoms with Gasteiger partial charge in [0, 0.05) is 16.2 Å². The molecule has 4 heteroatoms. The van der Waals surface area contributed by atoms with Gasteiger partial charge in [-0.1, -0.05) is 0 Å². The maximum atomic E-state index is 11.6. The van der Waals surface area contributed by atoms with E-state index in [2.05, 4.69) is 15.9 Å². The van der Waals surface area contributed by atoms with Crippen LogP contribution in [-0.2, 0) is 11.3 Å². The largest absolute Gasteiger partial charge is 0.371 e. The number of epoxide rings is 1. The molecule has 0 radical (unpaired) electrons. The van der Waals surface area contributed by atoms with Crippen molar-refractivity contribution >= 4 is 15.9 Å². The molecule has 3 nitrogen and oxygen atoms in total. The molecular formula is C9H10BrNO2. The summed E-state index contributed by atoms with van der Waals surface area (Å²) in [5, 5.41) is 0. The molecule has 2 heterocycles. The molecule has 0 spiro atoms. The lowest BCUT2D eigenvalue weighted by Gasteiger charge is -2.04. The van der Waals surface area contributed by atoms with Gasteiger partial charge in [0.05, 0.1) is 19.3 Å². The molecule has 0 aromatic carbocycles. The second-order valence-corrected chi connectivity index (χ2v) is 4.17. The maximum absolute atomic E-state index is 11.6. The van der Waals surface area contributed by atoms with Gasteiger partial charge < -0.3 is 9.30 Å². The number of pyridine rings is 1. The van der Waals surface area contributed by atoms with Crippen molar-refractivity contribution in [1.29, 1.82) is 0 Å². The molecule has 2 rings (SSSR count). The minimum atomic E-state index is 0.0682. The molecule has 1 aliphatic rings. The van der Waals surface area contributed by atoms with Gasteiger partial charge in [-0.15, -0.1) is 0 Å². The van der Waals surface area contributed by atoms with E-state index in [4.69, 9.17) is 4.74 Å². The molecule has 1 aliphatic heterocycles. The minimum Gasteiger partial charge on any atom is -0.371 e. The minimum absolute atomic E-state index is 0.0682. The second-order valence-electron chi connectivity index (χ2n) is 3.25. The molecule has 1 aromatic rings. The van der Waals surface area contributed by atoms with Crippen molar-refractivity contribution in [3.63, 3.8) is 0 Å². The van der Waals surface area contributed by atoms with Gasteiger partial charge in [0.25, 0.3) is 5.56 Å². The van der Waals surface area contributed by atoms with Gasteiger partial charge >= 0.3 is 0 Å². The Morgan fingerprint density at radius 2 is 2.46 bits per heavy atom. The van der Waals surface area contributed by atoms with Crippen molar-refractivity contribution < 1.29 is 4.74 Å². The molecule has 0 saturated carbocycles. The molecular weight excluding hydrogens is 234 g/mol. The number of hydrogen-bond donors (Lipinski definition) is 0. The number of ether oxygens (including phenoxy) is 1. The summed E-state index contributed by atoms with van der Waals surface area (Å²) in [6.07, 6.45) is 2.04. The van der Waals surface area contributed by atoms with Crippen molar-refractivity contribution in [2.45, 2.75) is 19.6 Å². The lowest BCUT2D eigenvalue weighted by Crippen LogP contribution is -2.23. The van der Waals surface area contributed by atoms with Crippen LogP contribution >= 0.6 is 15.9 Å². The summed E-state index contributed by atoms with van der Waals surface area (Å²) in [5.41, 5.74) is 0.828. The second kappa shape index (κ2) is 3.27. The van der Waals surface area contributed by atoms with Crippen LogP contribution in [0.5, 0.6) is 0 Å². The summed E-state index contributed by atoms with van der Waals surface area (Å²) < 4.78 is 7.70. The standard InChI is InChI=1S/C9H10BrNO2/c1-6-2-7(10)3-11(9(6)12)4-8-5-13-8/h2-3,8H,4-5H2,1H3/t8-/m0/s1. The average Bonchev–Trinajstić information content (AvgIpc) is 2.83. The van der Waals surface area contributed by atoms with Crippen LogP contribution in [0.1, 0.15) is 5.56 Å². The van der Waals surface area contributed by atoms with Crippen molar-refractivity contribution in [3.05, 3.63) is 32.7 Å². The lowest BCUT2D eigenvalue weighted by molar-refractivity contribution is 0.380. The molecule has 0 amide bonds. The Morgan fingerprint density at radius 3 is 3.08 bits per heavy atom. The number of rotatable bonds is 2. The lowest BCUT2D eigenvalue weighted by atomic mass is 10.3. The summed E-state index contributed by atoms with van der Waals surface area (Å²) >= 11 is 3.36. The van der Waals surface area contributed by atoms with Crippen molar-refractivity contribution in [1.82, 2.24) is 4.57 Å². The highest BCUT2D eigenvalue weighted by Gasteiger charge is 2.23. The van der Waals surface area contributed by atoms with Crippen LogP contribution in [0.25, 0.3) is 0 Å². The Morgan fingerprint density at radius 1 is 1.77 bits per heavy atom. The number of halogens is 1. The molecule has 70 valence electrons. The molecule has 1 fully saturated rings. The van der Waals surface area contributed by atoms with E-state index in [-0.39, 0.29) is 11.7 Å². The highest BCUT2D eigenvalue weighted by Crippen LogP contribution is 2.13. The molecule has 1 saturated heterocycles. The first kappa shape index (κ1) is 8.97. The van der Waals surface area contributed by atoms with Crippen LogP contribution in [-0.4, -0.2) is 17.3 Å². The highest BCUT2D eigenvalue weighted by atomic mass is 79.9. The van der Waals surface area contributed by atoms with E-state index in [1.807, 2.05) is 13.0 Å². The zero-order chi connectivity index (χ0) is 9.42. The summed E-state index contributed by atoms with van der Waals surface area (Å²) in [6, 6.07) is 1.83. The van der Waals surface area contributed by atoms with Gasteiger partial charge in [-0.3, -0.25) is 4.79 Å². The van der Waals surface area contributed by atoms with Crippen LogP contribution in [0.2, 0.25) is 0 Å². The van der Waals surface area contributed by atoms with E-state index in [9.17, 15) is 4.79 Å². The van der Waals surface area contributed by atoms with Gasteiger partial charge in [-0.25, -0.2) is 0 Å². The van der Waals surface area contributed by atoms with E-state index < -0.39 is 0 Å². The van der Waals surface area contributed by atoms with Crippen molar-refractivity contribution in [3.8, 4) is 0 Å². The molecule has 1 atom stereocenters. The maximum Gasteiger partial charge on any atom is 0.253 e. The fraction of sp³-hybridized carbons (Fsp3) is 0.444. The third-order valence-electron chi connectivity index (χ3n) is 2.03. The van der Waals surface area contributed by atoms with Gasteiger partial charge in [0.2, 0.25) is 0 Å². The zero-order valence-electron chi connectivity index (χ0n) is 7.29. The third kappa shape index (κ3) is 2.00. The summed E-state index contributed by atoms with van der Waals surface area (Å²) in [6.45, 7) is 3.26. The molecule has 0 unspecified atom stereocenters. The summed E-state index contributed by atoms with van der Waals surface area (Å²) in [5.74, 6) is 0. The van der Waals surface area contributed by atoms with Crippen LogP contribution in [0.15, 0.2) is 21.5 Å². The Hall–Kier alpha value is -0.610. The average molecular weight is 244 g/mol. The first-order valence-electron chi connectivity index (χ1n) is 4.15. The molecule has 0 aliphatic carbocycles. The number of hydrogen-bond acceptors (Lipinski definition) is 2. The monoisotopic (exact) mass is 243 g/mol. The molecule has 0 bridgehead atoms. The predicted molar refractivity (Wildman–Crippen MR) is 52.9 cm³/mol. The predicted octanol–water partition coefficient (Wildman–Crippen LogP) is 1.32. The Bertz CT molecular complexity index is 382. The van der Waals surface area contributed by atoms with Crippen LogP contribution in [0, 0.1) is 6.92 Å². The normalized spacial score (nSPS) is 20.3. The van der Waals surface area contributed by atoms with E-state index in [0.29, 0.717) is 6.54 Å². The smallest absolute Gasteiger partial charge is 0.253 e. The van der Waals surface area contributed by atoms with Gasteiger partial charge in [0.15, 0.2) is 0 Å². The Balaban J connectivity index is 2.36.